The Kier molecular flexibility index (Phi) is 13.5. The standard InChI is InChI=1S/C30H41BrClN4O5P/c1-6-36(16-8-9-22(4)34-28-14-15-33-29-20-25(32)12-13-27(28)29)17-18-39-42(38,35-23(5)30(37)40-21(2)3)41-26-11-7-10-24(31)19-26/h7,10-15,19-23H,6,8-9,16-18H2,1-5H3,(H,33,34)(H,35,38)/t22-,23-,42-/m0/s1. The van der Waals surface area contributed by atoms with Crippen LogP contribution in [0.4, 0.5) is 5.69 Å². The number of nitrogens with zero attached hydrogens (tertiary/aromatic N) is 2. The molecule has 0 amide bonds. The van der Waals surface area contributed by atoms with Crippen molar-refractivity contribution in [2.75, 3.05) is 31.6 Å². The predicted molar refractivity (Wildman–Crippen MR) is 173 cm³/mol. The molecular weight excluding hydrogens is 643 g/mol. The molecule has 0 aliphatic heterocycles. The van der Waals surface area contributed by atoms with E-state index in [9.17, 15) is 9.36 Å². The number of likely N-dealkylation sites (N-methyl/N-ethyl adjacent to an activating group) is 1. The molecule has 0 radical (unpaired) electrons. The number of fused-ring (bicyclic) bond motifs is 1. The van der Waals surface area contributed by atoms with Gasteiger partial charge in [-0.2, -0.15) is 5.09 Å². The molecule has 1 heterocycles. The zero-order valence-electron chi connectivity index (χ0n) is 24.8. The van der Waals surface area contributed by atoms with Gasteiger partial charge in [-0.3, -0.25) is 14.3 Å². The summed E-state index contributed by atoms with van der Waals surface area (Å²) in [5, 5.41) is 8.04. The highest BCUT2D eigenvalue weighted by Crippen LogP contribution is 2.45. The van der Waals surface area contributed by atoms with Crippen LogP contribution in [0, 0.1) is 0 Å². The Hall–Kier alpha value is -2.20. The number of pyridine rings is 1. The van der Waals surface area contributed by atoms with E-state index >= 15 is 0 Å². The minimum Gasteiger partial charge on any atom is -0.462 e. The molecule has 0 saturated carbocycles. The van der Waals surface area contributed by atoms with E-state index in [0.717, 1.165) is 47.0 Å². The lowest BCUT2D eigenvalue weighted by molar-refractivity contribution is -0.149. The summed E-state index contributed by atoms with van der Waals surface area (Å²) < 4.78 is 31.3. The molecule has 0 unspecified atom stereocenters. The fourth-order valence-corrected chi connectivity index (χ4v) is 6.32. The number of aromatic nitrogens is 1. The number of rotatable bonds is 17. The average Bonchev–Trinajstić information content (AvgIpc) is 2.91. The van der Waals surface area contributed by atoms with E-state index in [2.05, 4.69) is 50.1 Å². The second-order valence-corrected chi connectivity index (χ2v) is 13.4. The third-order valence-corrected chi connectivity index (χ3v) is 8.82. The quantitative estimate of drug-likeness (QED) is 0.110. The van der Waals surface area contributed by atoms with Crippen LogP contribution in [0.5, 0.6) is 5.75 Å². The van der Waals surface area contributed by atoms with Gasteiger partial charge < -0.3 is 19.5 Å². The van der Waals surface area contributed by atoms with E-state index in [0.29, 0.717) is 17.3 Å². The molecule has 0 fully saturated rings. The van der Waals surface area contributed by atoms with Crippen molar-refractivity contribution in [2.45, 2.75) is 65.6 Å². The van der Waals surface area contributed by atoms with Gasteiger partial charge in [0.1, 0.15) is 11.8 Å². The number of anilines is 1. The van der Waals surface area contributed by atoms with Crippen molar-refractivity contribution in [3.63, 3.8) is 0 Å². The van der Waals surface area contributed by atoms with Crippen LogP contribution in [0.3, 0.4) is 0 Å². The molecule has 2 aromatic carbocycles. The first kappa shape index (κ1) is 34.3. The van der Waals surface area contributed by atoms with Crippen molar-refractivity contribution >= 4 is 57.8 Å². The number of hydrogen-bond acceptors (Lipinski definition) is 8. The maximum Gasteiger partial charge on any atom is 0.459 e. The summed E-state index contributed by atoms with van der Waals surface area (Å²) in [6.07, 6.45) is 3.40. The Morgan fingerprint density at radius 2 is 1.90 bits per heavy atom. The van der Waals surface area contributed by atoms with Gasteiger partial charge in [0.2, 0.25) is 0 Å². The average molecular weight is 684 g/mol. The molecule has 3 rings (SSSR count). The van der Waals surface area contributed by atoms with Gasteiger partial charge in [-0.25, -0.2) is 4.57 Å². The van der Waals surface area contributed by atoms with Gasteiger partial charge >= 0.3 is 13.7 Å². The van der Waals surface area contributed by atoms with Crippen LogP contribution in [0.2, 0.25) is 5.02 Å². The third kappa shape index (κ3) is 11.1. The number of carbonyl (C=O) groups excluding carboxylic acids is 1. The van der Waals surface area contributed by atoms with Crippen LogP contribution in [-0.2, 0) is 18.6 Å². The van der Waals surface area contributed by atoms with Crippen molar-refractivity contribution < 1.29 is 23.1 Å². The largest absolute Gasteiger partial charge is 0.462 e. The minimum absolute atomic E-state index is 0.150. The van der Waals surface area contributed by atoms with Crippen LogP contribution in [0.25, 0.3) is 10.9 Å². The molecule has 12 heteroatoms. The zero-order valence-corrected chi connectivity index (χ0v) is 28.0. The molecule has 0 spiro atoms. The van der Waals surface area contributed by atoms with Gasteiger partial charge in [0.15, 0.2) is 0 Å². The van der Waals surface area contributed by atoms with E-state index in [1.54, 1.807) is 45.2 Å². The van der Waals surface area contributed by atoms with Crippen LogP contribution in [-0.4, -0.2) is 60.3 Å². The Morgan fingerprint density at radius 1 is 1.12 bits per heavy atom. The van der Waals surface area contributed by atoms with Crippen molar-refractivity contribution in [1.29, 1.82) is 0 Å². The Labute approximate surface area is 262 Å². The van der Waals surface area contributed by atoms with Gasteiger partial charge in [-0.05, 0) is 96.1 Å². The lowest BCUT2D eigenvalue weighted by atomic mass is 10.1. The molecule has 0 saturated heterocycles. The zero-order chi connectivity index (χ0) is 30.7. The van der Waals surface area contributed by atoms with Gasteiger partial charge in [-0.15, -0.1) is 0 Å². The summed E-state index contributed by atoms with van der Waals surface area (Å²) >= 11 is 9.52. The first-order chi connectivity index (χ1) is 20.0. The lowest BCUT2D eigenvalue weighted by Crippen LogP contribution is -2.37. The Morgan fingerprint density at radius 3 is 2.62 bits per heavy atom. The maximum atomic E-state index is 13.7. The topological polar surface area (TPSA) is 102 Å². The van der Waals surface area contributed by atoms with Crippen molar-refractivity contribution in [2.24, 2.45) is 0 Å². The van der Waals surface area contributed by atoms with E-state index in [-0.39, 0.29) is 18.8 Å². The van der Waals surface area contributed by atoms with Crippen LogP contribution >= 0.6 is 35.3 Å². The molecule has 1 aromatic heterocycles. The van der Waals surface area contributed by atoms with Gasteiger partial charge in [0, 0.05) is 39.4 Å². The molecule has 0 bridgehead atoms. The van der Waals surface area contributed by atoms with Crippen molar-refractivity contribution in [3.8, 4) is 5.75 Å². The Bertz CT molecular complexity index is 1360. The smallest absolute Gasteiger partial charge is 0.459 e. The van der Waals surface area contributed by atoms with E-state index in [1.807, 2.05) is 30.3 Å². The number of esters is 1. The van der Waals surface area contributed by atoms with E-state index < -0.39 is 19.8 Å². The van der Waals surface area contributed by atoms with Crippen LogP contribution in [0.15, 0.2) is 59.2 Å². The molecule has 0 aliphatic rings. The summed E-state index contributed by atoms with van der Waals surface area (Å²) in [7, 11) is -3.91. The highest BCUT2D eigenvalue weighted by molar-refractivity contribution is 9.10. The fourth-order valence-electron chi connectivity index (χ4n) is 4.30. The fraction of sp³-hybridized carbons (Fsp3) is 0.467. The number of hydrogen-bond donors (Lipinski definition) is 2. The number of ether oxygens (including phenoxy) is 1. The molecule has 2 N–H and O–H groups in total. The summed E-state index contributed by atoms with van der Waals surface area (Å²) in [4.78, 5) is 19.0. The molecule has 230 valence electrons. The third-order valence-electron chi connectivity index (χ3n) is 6.41. The highest BCUT2D eigenvalue weighted by atomic mass is 79.9. The molecule has 0 aliphatic carbocycles. The molecule has 42 heavy (non-hydrogen) atoms. The van der Waals surface area contributed by atoms with Crippen molar-refractivity contribution in [3.05, 3.63) is 64.2 Å². The van der Waals surface area contributed by atoms with Crippen LogP contribution < -0.4 is 14.9 Å². The van der Waals surface area contributed by atoms with E-state index in [4.69, 9.17) is 25.4 Å². The normalized spacial score (nSPS) is 14.5. The SMILES string of the molecule is CCN(CCC[C@H](C)Nc1ccnc2cc(Cl)ccc12)CCO[P@@](=O)(N[C@@H](C)C(=O)OC(C)C)Oc1cccc(Br)c1. The Balaban J connectivity index is 1.53. The first-order valence-corrected chi connectivity index (χ1v) is 16.9. The second kappa shape index (κ2) is 16.6. The molecule has 3 aromatic rings. The van der Waals surface area contributed by atoms with E-state index in [1.165, 1.54) is 0 Å². The lowest BCUT2D eigenvalue weighted by Gasteiger charge is -2.25. The number of halogens is 2. The highest BCUT2D eigenvalue weighted by Gasteiger charge is 2.32. The summed E-state index contributed by atoms with van der Waals surface area (Å²) in [6.45, 7) is 11.7. The molecule has 9 nitrogen and oxygen atoms in total. The maximum absolute atomic E-state index is 13.7. The first-order valence-electron chi connectivity index (χ1n) is 14.2. The summed E-state index contributed by atoms with van der Waals surface area (Å²) in [6, 6.07) is 14.0. The summed E-state index contributed by atoms with van der Waals surface area (Å²) in [5.74, 6) is -0.184. The van der Waals surface area contributed by atoms with Gasteiger partial charge in [0.05, 0.1) is 18.2 Å². The predicted octanol–water partition coefficient (Wildman–Crippen LogP) is 7.69. The van der Waals surface area contributed by atoms with Gasteiger partial charge in [0.25, 0.3) is 0 Å². The number of benzene rings is 2. The summed E-state index contributed by atoms with van der Waals surface area (Å²) in [5.41, 5.74) is 1.89. The molecule has 3 atom stereocenters. The second-order valence-electron chi connectivity index (χ2n) is 10.4. The minimum atomic E-state index is -3.91. The number of carbonyl (C=O) groups is 1. The van der Waals surface area contributed by atoms with Crippen molar-refractivity contribution in [1.82, 2.24) is 15.0 Å². The molecular formula is C30H41BrClN4O5P. The number of nitrogens with one attached hydrogen (secondary N) is 2. The van der Waals surface area contributed by atoms with Gasteiger partial charge in [-0.1, -0.05) is 40.5 Å². The van der Waals surface area contributed by atoms with Crippen LogP contribution in [0.1, 0.15) is 47.5 Å². The monoisotopic (exact) mass is 682 g/mol.